The minimum atomic E-state index is -0.0908. The molecule has 1 rings (SSSR count). The molecule has 0 amide bonds. The van der Waals surface area contributed by atoms with Gasteiger partial charge in [-0.25, -0.2) is 4.98 Å². The van der Waals surface area contributed by atoms with Crippen LogP contribution in [0.4, 0.5) is 11.5 Å². The predicted molar refractivity (Wildman–Crippen MR) is 64.5 cm³/mol. The second-order valence-corrected chi connectivity index (χ2v) is 3.43. The fraction of sp³-hybridized carbons (Fsp3) is 0.455. The Balaban J connectivity index is 2.66. The second-order valence-electron chi connectivity index (χ2n) is 3.43. The number of ether oxygens (including phenoxy) is 2. The van der Waals surface area contributed by atoms with Crippen LogP contribution in [0.2, 0.25) is 0 Å². The molecule has 17 heavy (non-hydrogen) atoms. The second kappa shape index (κ2) is 6.68. The number of nitrogens with one attached hydrogen (secondary N) is 1. The summed E-state index contributed by atoms with van der Waals surface area (Å²) in [5.41, 5.74) is 6.53. The first-order valence-electron chi connectivity index (χ1n) is 5.13. The standard InChI is InChI=1S/C11H16N4O2/c1-16-7-9(17-2)6-15-11-10(13)8(5-12)3-4-14-11/h3-4,9H,6-7,13H2,1-2H3,(H,14,15). The van der Waals surface area contributed by atoms with Gasteiger partial charge in [-0.1, -0.05) is 0 Å². The first kappa shape index (κ1) is 13.2. The number of nitrogens with zero attached hydrogens (tertiary/aromatic N) is 2. The van der Waals surface area contributed by atoms with E-state index in [0.29, 0.717) is 30.2 Å². The van der Waals surface area contributed by atoms with Gasteiger partial charge in [0.05, 0.1) is 24.0 Å². The molecule has 1 atom stereocenters. The Bertz CT molecular complexity index is 403. The molecule has 3 N–H and O–H groups in total. The minimum Gasteiger partial charge on any atom is -0.395 e. The fourth-order valence-corrected chi connectivity index (χ4v) is 1.32. The van der Waals surface area contributed by atoms with E-state index in [1.54, 1.807) is 20.3 Å². The molecule has 92 valence electrons. The summed E-state index contributed by atoms with van der Waals surface area (Å²) >= 11 is 0. The van der Waals surface area contributed by atoms with Gasteiger partial charge in [0.2, 0.25) is 0 Å². The zero-order valence-electron chi connectivity index (χ0n) is 9.93. The van der Waals surface area contributed by atoms with E-state index in [9.17, 15) is 0 Å². The summed E-state index contributed by atoms with van der Waals surface area (Å²) in [6, 6.07) is 3.57. The van der Waals surface area contributed by atoms with E-state index in [1.165, 1.54) is 6.20 Å². The number of nitrogen functional groups attached to an aromatic ring is 1. The number of anilines is 2. The average molecular weight is 236 g/mol. The highest BCUT2D eigenvalue weighted by Crippen LogP contribution is 2.18. The molecule has 0 saturated heterocycles. The molecule has 0 bridgehead atoms. The van der Waals surface area contributed by atoms with Gasteiger partial charge in [0.1, 0.15) is 6.07 Å². The molecule has 1 heterocycles. The Kier molecular flexibility index (Phi) is 5.20. The molecule has 0 aliphatic carbocycles. The zero-order chi connectivity index (χ0) is 12.7. The van der Waals surface area contributed by atoms with Crippen molar-refractivity contribution in [2.75, 3.05) is 38.4 Å². The highest BCUT2D eigenvalue weighted by Gasteiger charge is 2.10. The van der Waals surface area contributed by atoms with Gasteiger partial charge in [-0.15, -0.1) is 0 Å². The molecule has 6 heteroatoms. The third-order valence-corrected chi connectivity index (χ3v) is 2.29. The number of aromatic nitrogens is 1. The molecule has 0 saturated carbocycles. The van der Waals surface area contributed by atoms with Gasteiger partial charge in [-0.3, -0.25) is 0 Å². The van der Waals surface area contributed by atoms with Crippen molar-refractivity contribution in [3.63, 3.8) is 0 Å². The van der Waals surface area contributed by atoms with Gasteiger partial charge in [0, 0.05) is 27.0 Å². The van der Waals surface area contributed by atoms with Crippen molar-refractivity contribution in [2.24, 2.45) is 0 Å². The van der Waals surface area contributed by atoms with E-state index < -0.39 is 0 Å². The van der Waals surface area contributed by atoms with Crippen LogP contribution in [0.1, 0.15) is 5.56 Å². The Morgan fingerprint density at radius 2 is 2.35 bits per heavy atom. The van der Waals surface area contributed by atoms with Crippen LogP contribution in [-0.4, -0.2) is 38.5 Å². The quantitative estimate of drug-likeness (QED) is 0.751. The van der Waals surface area contributed by atoms with E-state index in [-0.39, 0.29) is 6.10 Å². The molecular weight excluding hydrogens is 220 g/mol. The molecule has 1 aromatic heterocycles. The largest absolute Gasteiger partial charge is 0.395 e. The summed E-state index contributed by atoms with van der Waals surface area (Å²) in [4.78, 5) is 4.07. The van der Waals surface area contributed by atoms with Gasteiger partial charge in [-0.05, 0) is 6.07 Å². The van der Waals surface area contributed by atoms with Crippen molar-refractivity contribution >= 4 is 11.5 Å². The van der Waals surface area contributed by atoms with Crippen LogP contribution < -0.4 is 11.1 Å². The summed E-state index contributed by atoms with van der Waals surface area (Å²) in [7, 11) is 3.21. The van der Waals surface area contributed by atoms with Gasteiger partial charge in [0.15, 0.2) is 5.82 Å². The first-order valence-corrected chi connectivity index (χ1v) is 5.13. The third-order valence-electron chi connectivity index (χ3n) is 2.29. The lowest BCUT2D eigenvalue weighted by atomic mass is 10.2. The number of nitrogens with two attached hydrogens (primary N) is 1. The van der Waals surface area contributed by atoms with Crippen LogP contribution >= 0.6 is 0 Å². The number of pyridine rings is 1. The zero-order valence-corrected chi connectivity index (χ0v) is 9.93. The van der Waals surface area contributed by atoms with E-state index in [1.807, 2.05) is 6.07 Å². The van der Waals surface area contributed by atoms with E-state index in [4.69, 9.17) is 20.5 Å². The van der Waals surface area contributed by atoms with Crippen LogP contribution in [-0.2, 0) is 9.47 Å². The monoisotopic (exact) mass is 236 g/mol. The molecule has 0 fully saturated rings. The van der Waals surface area contributed by atoms with Gasteiger partial charge in [-0.2, -0.15) is 5.26 Å². The summed E-state index contributed by atoms with van der Waals surface area (Å²) in [5.74, 6) is 0.488. The maximum atomic E-state index is 8.82. The lowest BCUT2D eigenvalue weighted by Crippen LogP contribution is -2.27. The minimum absolute atomic E-state index is 0.0908. The van der Waals surface area contributed by atoms with Gasteiger partial charge >= 0.3 is 0 Å². The molecule has 0 spiro atoms. The Labute approximate surface area is 100 Å². The number of nitriles is 1. The Hall–Kier alpha value is -1.84. The first-order chi connectivity index (χ1) is 8.22. The van der Waals surface area contributed by atoms with Crippen LogP contribution in [0.25, 0.3) is 0 Å². The van der Waals surface area contributed by atoms with Crippen molar-refractivity contribution < 1.29 is 9.47 Å². The summed E-state index contributed by atoms with van der Waals surface area (Å²) in [6.07, 6.45) is 1.45. The van der Waals surface area contributed by atoms with Crippen LogP contribution in [0.3, 0.4) is 0 Å². The average Bonchev–Trinajstić information content (AvgIpc) is 2.36. The number of methoxy groups -OCH3 is 2. The molecule has 6 nitrogen and oxygen atoms in total. The van der Waals surface area contributed by atoms with Gasteiger partial charge < -0.3 is 20.5 Å². The van der Waals surface area contributed by atoms with Crippen LogP contribution in [0.15, 0.2) is 12.3 Å². The van der Waals surface area contributed by atoms with Crippen molar-refractivity contribution in [1.29, 1.82) is 5.26 Å². The van der Waals surface area contributed by atoms with Crippen molar-refractivity contribution in [1.82, 2.24) is 4.98 Å². The van der Waals surface area contributed by atoms with Crippen LogP contribution in [0.5, 0.6) is 0 Å². The third kappa shape index (κ3) is 3.59. The van der Waals surface area contributed by atoms with E-state index in [2.05, 4.69) is 10.3 Å². The van der Waals surface area contributed by atoms with Gasteiger partial charge in [0.25, 0.3) is 0 Å². The normalized spacial score (nSPS) is 11.8. The van der Waals surface area contributed by atoms with E-state index >= 15 is 0 Å². The maximum Gasteiger partial charge on any atom is 0.150 e. The maximum absolute atomic E-state index is 8.82. The summed E-state index contributed by atoms with van der Waals surface area (Å²) < 4.78 is 10.2. The lowest BCUT2D eigenvalue weighted by Gasteiger charge is -2.16. The number of rotatable bonds is 6. The fourth-order valence-electron chi connectivity index (χ4n) is 1.32. The molecule has 0 aromatic carbocycles. The smallest absolute Gasteiger partial charge is 0.150 e. The highest BCUT2D eigenvalue weighted by atomic mass is 16.5. The molecular formula is C11H16N4O2. The molecule has 1 aromatic rings. The molecule has 0 aliphatic rings. The van der Waals surface area contributed by atoms with Crippen molar-refractivity contribution in [3.8, 4) is 6.07 Å². The Morgan fingerprint density at radius 3 is 2.94 bits per heavy atom. The number of hydrogen-bond donors (Lipinski definition) is 2. The van der Waals surface area contributed by atoms with Crippen LogP contribution in [0, 0.1) is 11.3 Å². The summed E-state index contributed by atoms with van der Waals surface area (Å²) in [5, 5.41) is 11.9. The lowest BCUT2D eigenvalue weighted by molar-refractivity contribution is 0.0365. The molecule has 0 aliphatic heterocycles. The van der Waals surface area contributed by atoms with Crippen molar-refractivity contribution in [3.05, 3.63) is 17.8 Å². The molecule has 1 unspecified atom stereocenters. The topological polar surface area (TPSA) is 93.2 Å². The Morgan fingerprint density at radius 1 is 1.59 bits per heavy atom. The molecule has 0 radical (unpaired) electrons. The summed E-state index contributed by atoms with van der Waals surface area (Å²) in [6.45, 7) is 0.984. The SMILES string of the molecule is COCC(CNc1nccc(C#N)c1N)OC. The van der Waals surface area contributed by atoms with E-state index in [0.717, 1.165) is 0 Å². The number of hydrogen-bond acceptors (Lipinski definition) is 6. The predicted octanol–water partition coefficient (Wildman–Crippen LogP) is 0.609. The van der Waals surface area contributed by atoms with Crippen molar-refractivity contribution in [2.45, 2.75) is 6.10 Å². The highest BCUT2D eigenvalue weighted by molar-refractivity contribution is 5.68.